The second-order valence-electron chi connectivity index (χ2n) is 3.03. The zero-order valence-corrected chi connectivity index (χ0v) is 8.99. The summed E-state index contributed by atoms with van der Waals surface area (Å²) < 4.78 is 34.8. The Bertz CT molecular complexity index is 459. The van der Waals surface area contributed by atoms with Crippen molar-refractivity contribution >= 4 is 27.1 Å². The summed E-state index contributed by atoms with van der Waals surface area (Å²) in [6, 6.07) is 2.12. The number of rotatable bonds is 2. The predicted octanol–water partition coefficient (Wildman–Crippen LogP) is 1.61. The largest absolute Gasteiger partial charge is 0.397 e. The van der Waals surface area contributed by atoms with Gasteiger partial charge in [-0.1, -0.05) is 11.6 Å². The van der Waals surface area contributed by atoms with E-state index in [1.54, 1.807) is 0 Å². The van der Waals surface area contributed by atoms with Crippen molar-refractivity contribution in [3.05, 3.63) is 28.5 Å². The van der Waals surface area contributed by atoms with Crippen LogP contribution in [0.4, 0.5) is 10.1 Å². The first-order valence-corrected chi connectivity index (χ1v) is 6.14. The van der Waals surface area contributed by atoms with Gasteiger partial charge >= 0.3 is 0 Å². The molecule has 0 bridgehead atoms. The van der Waals surface area contributed by atoms with Crippen LogP contribution in [-0.2, 0) is 15.6 Å². The monoisotopic (exact) mass is 237 g/mol. The average Bonchev–Trinajstić information content (AvgIpc) is 1.96. The third-order valence-corrected chi connectivity index (χ3v) is 2.75. The fourth-order valence-electron chi connectivity index (χ4n) is 1.04. The molecule has 1 aromatic rings. The number of halogens is 2. The van der Waals surface area contributed by atoms with E-state index >= 15 is 0 Å². The van der Waals surface area contributed by atoms with Gasteiger partial charge in [-0.05, 0) is 17.7 Å². The fourth-order valence-corrected chi connectivity index (χ4v) is 2.07. The van der Waals surface area contributed by atoms with E-state index in [0.29, 0.717) is 0 Å². The van der Waals surface area contributed by atoms with Gasteiger partial charge in [0.1, 0.15) is 5.82 Å². The van der Waals surface area contributed by atoms with E-state index in [0.717, 1.165) is 18.4 Å². The minimum absolute atomic E-state index is 0.0312. The molecular weight excluding hydrogens is 229 g/mol. The number of nitrogens with two attached hydrogens (primary N) is 1. The lowest BCUT2D eigenvalue weighted by molar-refractivity contribution is 0.600. The molecule has 1 rings (SSSR count). The third-order valence-electron chi connectivity index (χ3n) is 1.60. The molecule has 0 saturated heterocycles. The zero-order valence-electron chi connectivity index (χ0n) is 7.42. The van der Waals surface area contributed by atoms with Crippen molar-refractivity contribution in [3.63, 3.8) is 0 Å². The first kappa shape index (κ1) is 11.3. The molecule has 0 fully saturated rings. The van der Waals surface area contributed by atoms with Crippen molar-refractivity contribution in [1.82, 2.24) is 0 Å². The van der Waals surface area contributed by atoms with Crippen molar-refractivity contribution in [1.29, 1.82) is 0 Å². The van der Waals surface area contributed by atoms with Crippen LogP contribution in [0.3, 0.4) is 0 Å². The summed E-state index contributed by atoms with van der Waals surface area (Å²) in [5.41, 5.74) is 5.80. The van der Waals surface area contributed by atoms with Crippen molar-refractivity contribution in [2.75, 3.05) is 12.0 Å². The van der Waals surface area contributed by atoms with E-state index in [9.17, 15) is 12.8 Å². The van der Waals surface area contributed by atoms with E-state index in [1.165, 1.54) is 0 Å². The summed E-state index contributed by atoms with van der Waals surface area (Å²) in [6.07, 6.45) is 1.05. The maximum Gasteiger partial charge on any atom is 0.151 e. The van der Waals surface area contributed by atoms with Gasteiger partial charge in [-0.2, -0.15) is 0 Å². The standard InChI is InChI=1S/C8H9ClFNO2S/c1-14(12,13)4-5-2-6(10)3-7(9)8(5)11/h2-3H,4,11H2,1H3. The van der Waals surface area contributed by atoms with E-state index in [4.69, 9.17) is 17.3 Å². The molecule has 0 aliphatic rings. The van der Waals surface area contributed by atoms with Crippen LogP contribution in [0.5, 0.6) is 0 Å². The lowest BCUT2D eigenvalue weighted by Gasteiger charge is -2.06. The minimum atomic E-state index is -3.24. The highest BCUT2D eigenvalue weighted by molar-refractivity contribution is 7.89. The highest BCUT2D eigenvalue weighted by Crippen LogP contribution is 2.25. The van der Waals surface area contributed by atoms with Crippen LogP contribution >= 0.6 is 11.6 Å². The van der Waals surface area contributed by atoms with E-state index in [2.05, 4.69) is 0 Å². The highest BCUT2D eigenvalue weighted by atomic mass is 35.5. The van der Waals surface area contributed by atoms with E-state index in [-0.39, 0.29) is 22.0 Å². The highest BCUT2D eigenvalue weighted by Gasteiger charge is 2.11. The molecule has 0 amide bonds. The number of hydrogen-bond donors (Lipinski definition) is 1. The Hall–Kier alpha value is -0.810. The summed E-state index contributed by atoms with van der Waals surface area (Å²) in [7, 11) is -3.24. The molecule has 0 spiro atoms. The van der Waals surface area contributed by atoms with Gasteiger partial charge in [-0.25, -0.2) is 12.8 Å². The lowest BCUT2D eigenvalue weighted by atomic mass is 10.2. The number of anilines is 1. The molecule has 3 nitrogen and oxygen atoms in total. The van der Waals surface area contributed by atoms with Crippen LogP contribution in [-0.4, -0.2) is 14.7 Å². The Kier molecular flexibility index (Phi) is 3.01. The Morgan fingerprint density at radius 1 is 1.50 bits per heavy atom. The summed E-state index contributed by atoms with van der Waals surface area (Å²) >= 11 is 5.59. The smallest absolute Gasteiger partial charge is 0.151 e. The van der Waals surface area contributed by atoms with Crippen LogP contribution in [0.25, 0.3) is 0 Å². The first-order chi connectivity index (χ1) is 6.29. The van der Waals surface area contributed by atoms with Gasteiger partial charge in [0.05, 0.1) is 16.5 Å². The second kappa shape index (κ2) is 3.74. The maximum atomic E-state index is 12.8. The summed E-state index contributed by atoms with van der Waals surface area (Å²) in [6.45, 7) is 0. The van der Waals surface area contributed by atoms with Crippen LogP contribution in [0.2, 0.25) is 5.02 Å². The topological polar surface area (TPSA) is 60.2 Å². The molecule has 78 valence electrons. The Morgan fingerprint density at radius 3 is 2.57 bits per heavy atom. The minimum Gasteiger partial charge on any atom is -0.397 e. The summed E-state index contributed by atoms with van der Waals surface area (Å²) in [5, 5.41) is 0.0312. The molecule has 2 N–H and O–H groups in total. The van der Waals surface area contributed by atoms with Crippen molar-refractivity contribution in [2.45, 2.75) is 5.75 Å². The maximum absolute atomic E-state index is 12.8. The number of sulfone groups is 1. The van der Waals surface area contributed by atoms with Gasteiger partial charge in [-0.15, -0.1) is 0 Å². The lowest BCUT2D eigenvalue weighted by Crippen LogP contribution is -2.05. The average molecular weight is 238 g/mol. The fraction of sp³-hybridized carbons (Fsp3) is 0.250. The Labute approximate surface area is 86.6 Å². The van der Waals surface area contributed by atoms with Gasteiger partial charge in [0, 0.05) is 6.26 Å². The zero-order chi connectivity index (χ0) is 10.9. The van der Waals surface area contributed by atoms with Crippen molar-refractivity contribution in [2.24, 2.45) is 0 Å². The Morgan fingerprint density at radius 2 is 2.07 bits per heavy atom. The third kappa shape index (κ3) is 2.85. The molecule has 0 aromatic heterocycles. The SMILES string of the molecule is CS(=O)(=O)Cc1cc(F)cc(Cl)c1N. The molecular formula is C8H9ClFNO2S. The van der Waals surface area contributed by atoms with Crippen LogP contribution < -0.4 is 5.73 Å². The molecule has 0 aliphatic carbocycles. The number of benzene rings is 1. The van der Waals surface area contributed by atoms with Gasteiger partial charge in [0.2, 0.25) is 0 Å². The van der Waals surface area contributed by atoms with Gasteiger partial charge < -0.3 is 5.73 Å². The quantitative estimate of drug-likeness (QED) is 0.795. The molecule has 0 atom stereocenters. The van der Waals surface area contributed by atoms with Crippen molar-refractivity contribution in [3.8, 4) is 0 Å². The van der Waals surface area contributed by atoms with Crippen LogP contribution in [0.15, 0.2) is 12.1 Å². The molecule has 0 radical (unpaired) electrons. The van der Waals surface area contributed by atoms with Gasteiger partial charge in [0.25, 0.3) is 0 Å². The summed E-state index contributed by atoms with van der Waals surface area (Å²) in [5.74, 6) is -0.904. The van der Waals surface area contributed by atoms with Gasteiger partial charge in [-0.3, -0.25) is 0 Å². The van der Waals surface area contributed by atoms with E-state index in [1.807, 2.05) is 0 Å². The molecule has 0 unspecified atom stereocenters. The van der Waals surface area contributed by atoms with E-state index < -0.39 is 15.7 Å². The molecule has 0 heterocycles. The normalized spacial score (nSPS) is 11.6. The van der Waals surface area contributed by atoms with Gasteiger partial charge in [0.15, 0.2) is 9.84 Å². The number of hydrogen-bond acceptors (Lipinski definition) is 3. The van der Waals surface area contributed by atoms with Crippen LogP contribution in [0.1, 0.15) is 5.56 Å². The van der Waals surface area contributed by atoms with Crippen molar-refractivity contribution < 1.29 is 12.8 Å². The molecule has 0 aliphatic heterocycles. The molecule has 14 heavy (non-hydrogen) atoms. The molecule has 6 heteroatoms. The predicted molar refractivity (Wildman–Crippen MR) is 54.4 cm³/mol. The van der Waals surface area contributed by atoms with Crippen LogP contribution in [0, 0.1) is 5.82 Å². The molecule has 1 aromatic carbocycles. The second-order valence-corrected chi connectivity index (χ2v) is 5.58. The Balaban J connectivity index is 3.22. The first-order valence-electron chi connectivity index (χ1n) is 3.71. The number of nitrogen functional groups attached to an aromatic ring is 1. The summed E-state index contributed by atoms with van der Waals surface area (Å²) in [4.78, 5) is 0. The molecule has 0 saturated carbocycles.